The van der Waals surface area contributed by atoms with Crippen LogP contribution in [0.25, 0.3) is 0 Å². The number of hydrogen-bond donors (Lipinski definition) is 2. The molecule has 20 heavy (non-hydrogen) atoms. The molecule has 2 rings (SSSR count). The summed E-state index contributed by atoms with van der Waals surface area (Å²) in [5.74, 6) is 0.0476. The average Bonchev–Trinajstić information content (AvgIpc) is 2.38. The van der Waals surface area contributed by atoms with Crippen molar-refractivity contribution in [1.29, 1.82) is 0 Å². The number of sulfonamides is 1. The third-order valence-corrected chi connectivity index (χ3v) is 4.80. The largest absolute Gasteiger partial charge is 0.382 e. The number of rotatable bonds is 3. The van der Waals surface area contributed by atoms with Crippen LogP contribution in [0.5, 0.6) is 0 Å². The van der Waals surface area contributed by atoms with Crippen molar-refractivity contribution in [2.24, 2.45) is 0 Å². The van der Waals surface area contributed by atoms with Gasteiger partial charge in [0.25, 0.3) is 10.0 Å². The van der Waals surface area contributed by atoms with Crippen LogP contribution < -0.4 is 10.5 Å². The fourth-order valence-electron chi connectivity index (χ4n) is 1.36. The fraction of sp³-hybridized carbons (Fsp3) is 0. The maximum atomic E-state index is 12.2. The Morgan fingerprint density at radius 2 is 1.85 bits per heavy atom. The van der Waals surface area contributed by atoms with Gasteiger partial charge in [0.15, 0.2) is 0 Å². The molecule has 0 unspecified atom stereocenters. The predicted molar refractivity (Wildman–Crippen MR) is 80.9 cm³/mol. The number of hydrogen-bond acceptors (Lipinski definition) is 4. The minimum Gasteiger partial charge on any atom is -0.382 e. The van der Waals surface area contributed by atoms with Crippen LogP contribution in [0.15, 0.2) is 35.4 Å². The molecule has 2 aromatic rings. The van der Waals surface area contributed by atoms with Crippen LogP contribution in [0.4, 0.5) is 11.5 Å². The molecule has 5 nitrogen and oxygen atoms in total. The zero-order valence-corrected chi connectivity index (χ0v) is 12.9. The van der Waals surface area contributed by atoms with E-state index in [1.165, 1.54) is 12.1 Å². The number of benzene rings is 1. The summed E-state index contributed by atoms with van der Waals surface area (Å²) in [7, 11) is -3.89. The fourth-order valence-corrected chi connectivity index (χ4v) is 3.04. The number of nitrogens with zero attached hydrogens (tertiary/aromatic N) is 1. The van der Waals surface area contributed by atoms with Gasteiger partial charge < -0.3 is 5.73 Å². The molecule has 3 N–H and O–H groups in total. The third-order valence-electron chi connectivity index (χ3n) is 2.35. The molecule has 0 aliphatic heterocycles. The van der Waals surface area contributed by atoms with E-state index in [9.17, 15) is 8.42 Å². The van der Waals surface area contributed by atoms with Crippen molar-refractivity contribution in [3.63, 3.8) is 0 Å². The topological polar surface area (TPSA) is 85.1 Å². The number of nitrogens with one attached hydrogen (secondary N) is 1. The number of halogens is 3. The molecule has 1 aromatic carbocycles. The van der Waals surface area contributed by atoms with E-state index in [4.69, 9.17) is 40.5 Å². The highest BCUT2D eigenvalue weighted by atomic mass is 35.5. The molecular weight excluding hydrogens is 345 g/mol. The summed E-state index contributed by atoms with van der Waals surface area (Å²) in [4.78, 5) is 3.56. The minimum atomic E-state index is -3.89. The van der Waals surface area contributed by atoms with Gasteiger partial charge in [-0.25, -0.2) is 13.4 Å². The lowest BCUT2D eigenvalue weighted by molar-refractivity contribution is 0.601. The molecular formula is C11H8Cl3N3O2S. The second kappa shape index (κ2) is 5.65. The molecule has 9 heteroatoms. The van der Waals surface area contributed by atoms with Gasteiger partial charge >= 0.3 is 0 Å². The second-order valence-corrected chi connectivity index (χ2v) is 6.62. The molecule has 0 amide bonds. The smallest absolute Gasteiger partial charge is 0.263 e. The van der Waals surface area contributed by atoms with Gasteiger partial charge in [-0.1, -0.05) is 40.9 Å². The first-order valence-corrected chi connectivity index (χ1v) is 7.81. The van der Waals surface area contributed by atoms with Crippen LogP contribution in [0.1, 0.15) is 0 Å². The Morgan fingerprint density at radius 1 is 1.15 bits per heavy atom. The maximum absolute atomic E-state index is 12.2. The average molecular weight is 353 g/mol. The van der Waals surface area contributed by atoms with Crippen LogP contribution in [-0.4, -0.2) is 13.4 Å². The predicted octanol–water partition coefficient (Wildman–Crippen LogP) is 3.42. The zero-order valence-electron chi connectivity index (χ0n) is 9.77. The lowest BCUT2D eigenvalue weighted by atomic mass is 10.3. The van der Waals surface area contributed by atoms with E-state index in [-0.39, 0.29) is 31.5 Å². The van der Waals surface area contributed by atoms with Gasteiger partial charge in [0.1, 0.15) is 10.7 Å². The molecule has 0 atom stereocenters. The number of pyridine rings is 1. The molecule has 0 spiro atoms. The molecule has 0 radical (unpaired) electrons. The summed E-state index contributed by atoms with van der Waals surface area (Å²) in [6, 6.07) is 5.80. The Bertz CT molecular complexity index is 766. The van der Waals surface area contributed by atoms with Crippen LogP contribution in [0.2, 0.25) is 15.1 Å². The van der Waals surface area contributed by atoms with Gasteiger partial charge in [0, 0.05) is 6.20 Å². The summed E-state index contributed by atoms with van der Waals surface area (Å²) in [5.41, 5.74) is 5.59. The first kappa shape index (κ1) is 15.2. The van der Waals surface area contributed by atoms with Crippen molar-refractivity contribution < 1.29 is 8.42 Å². The summed E-state index contributed by atoms with van der Waals surface area (Å²) in [5, 5.41) is 0.387. The summed E-state index contributed by atoms with van der Waals surface area (Å²) in [6.45, 7) is 0. The van der Waals surface area contributed by atoms with Crippen molar-refractivity contribution in [2.45, 2.75) is 4.90 Å². The zero-order chi connectivity index (χ0) is 14.9. The Labute approximate surface area is 130 Å². The van der Waals surface area contributed by atoms with Gasteiger partial charge in [0.05, 0.1) is 20.8 Å². The van der Waals surface area contributed by atoms with E-state index in [1.807, 2.05) is 0 Å². The molecule has 106 valence electrons. The number of nitrogens with two attached hydrogens (primary N) is 1. The summed E-state index contributed by atoms with van der Waals surface area (Å²) >= 11 is 17.5. The van der Waals surface area contributed by atoms with E-state index < -0.39 is 10.0 Å². The van der Waals surface area contributed by atoms with Crippen LogP contribution in [0.3, 0.4) is 0 Å². The number of anilines is 2. The van der Waals surface area contributed by atoms with Crippen LogP contribution >= 0.6 is 34.8 Å². The molecule has 1 heterocycles. The van der Waals surface area contributed by atoms with Crippen LogP contribution in [-0.2, 0) is 10.0 Å². The lowest BCUT2D eigenvalue weighted by Gasteiger charge is -2.10. The van der Waals surface area contributed by atoms with E-state index in [0.717, 1.165) is 6.20 Å². The van der Waals surface area contributed by atoms with Crippen molar-refractivity contribution >= 4 is 56.3 Å². The van der Waals surface area contributed by atoms with Gasteiger partial charge in [-0.3, -0.25) is 4.72 Å². The van der Waals surface area contributed by atoms with E-state index >= 15 is 0 Å². The Balaban J connectivity index is 2.41. The van der Waals surface area contributed by atoms with E-state index in [1.54, 1.807) is 12.1 Å². The third kappa shape index (κ3) is 3.09. The van der Waals surface area contributed by atoms with Gasteiger partial charge in [-0.15, -0.1) is 0 Å². The lowest BCUT2D eigenvalue weighted by Crippen LogP contribution is -2.14. The van der Waals surface area contributed by atoms with Crippen molar-refractivity contribution in [2.75, 3.05) is 10.5 Å². The molecule has 0 aliphatic rings. The Kier molecular flexibility index (Phi) is 4.29. The molecule has 0 saturated carbocycles. The normalized spacial score (nSPS) is 11.3. The Hall–Kier alpha value is -1.21. The molecule has 0 bridgehead atoms. The summed E-state index contributed by atoms with van der Waals surface area (Å²) in [6.07, 6.45) is 1.10. The number of aromatic nitrogens is 1. The maximum Gasteiger partial charge on any atom is 0.263 e. The highest BCUT2D eigenvalue weighted by molar-refractivity contribution is 7.92. The highest BCUT2D eigenvalue weighted by Gasteiger charge is 2.18. The monoisotopic (exact) mass is 351 g/mol. The van der Waals surface area contributed by atoms with Gasteiger partial charge in [-0.2, -0.15) is 0 Å². The highest BCUT2D eigenvalue weighted by Crippen LogP contribution is 2.31. The summed E-state index contributed by atoms with van der Waals surface area (Å²) < 4.78 is 26.7. The molecule has 0 aliphatic carbocycles. The Morgan fingerprint density at radius 3 is 2.50 bits per heavy atom. The quantitative estimate of drug-likeness (QED) is 0.886. The second-order valence-electron chi connectivity index (χ2n) is 3.74. The van der Waals surface area contributed by atoms with Crippen molar-refractivity contribution in [3.05, 3.63) is 45.5 Å². The van der Waals surface area contributed by atoms with Crippen molar-refractivity contribution in [1.82, 2.24) is 4.98 Å². The van der Waals surface area contributed by atoms with Gasteiger partial charge in [0.2, 0.25) is 0 Å². The van der Waals surface area contributed by atoms with Gasteiger partial charge in [-0.05, 0) is 18.2 Å². The molecule has 1 aromatic heterocycles. The molecule has 0 fully saturated rings. The first-order valence-electron chi connectivity index (χ1n) is 5.19. The van der Waals surface area contributed by atoms with Crippen molar-refractivity contribution in [3.8, 4) is 0 Å². The first-order chi connectivity index (χ1) is 9.31. The van der Waals surface area contributed by atoms with E-state index in [2.05, 4.69) is 9.71 Å². The van der Waals surface area contributed by atoms with Crippen LogP contribution in [0, 0.1) is 0 Å². The molecule has 0 saturated heterocycles. The SMILES string of the molecule is Nc1ncc(S(=O)(=O)Nc2cccc(Cl)c2Cl)cc1Cl. The number of nitrogen functional groups attached to an aromatic ring is 1. The van der Waals surface area contributed by atoms with E-state index in [0.29, 0.717) is 0 Å². The minimum absolute atomic E-state index is 0.0464. The standard InChI is InChI=1S/C11H8Cl3N3O2S/c12-7-2-1-3-9(10(7)14)17-20(18,19)6-4-8(13)11(15)16-5-6/h1-5,17H,(H2,15,16).